The molecule has 6 heteroatoms. The summed E-state index contributed by atoms with van der Waals surface area (Å²) in [6.45, 7) is 1.75. The van der Waals surface area contributed by atoms with Gasteiger partial charge < -0.3 is 14.3 Å². The van der Waals surface area contributed by atoms with Crippen LogP contribution >= 0.6 is 0 Å². The summed E-state index contributed by atoms with van der Waals surface area (Å²) in [5.41, 5.74) is 3.68. The van der Waals surface area contributed by atoms with Gasteiger partial charge in [0.15, 0.2) is 0 Å². The number of anilines is 1. The van der Waals surface area contributed by atoms with Crippen LogP contribution in [0.1, 0.15) is 11.5 Å². The van der Waals surface area contributed by atoms with Gasteiger partial charge in [0.05, 0.1) is 6.42 Å². The van der Waals surface area contributed by atoms with Crippen LogP contribution in [0.4, 0.5) is 5.69 Å². The molecule has 0 unspecified atom stereocenters. The van der Waals surface area contributed by atoms with Crippen molar-refractivity contribution in [1.82, 2.24) is 14.8 Å². The molecule has 1 amide bonds. The van der Waals surface area contributed by atoms with Crippen LogP contribution in [0.25, 0.3) is 22.4 Å². The van der Waals surface area contributed by atoms with Crippen LogP contribution in [-0.4, -0.2) is 20.7 Å². The average molecular weight is 346 g/mol. The number of hydrogen-bond donors (Lipinski definition) is 1. The highest BCUT2D eigenvalue weighted by atomic mass is 16.4. The zero-order valence-electron chi connectivity index (χ0n) is 14.6. The van der Waals surface area contributed by atoms with Crippen LogP contribution in [0.3, 0.4) is 0 Å². The number of para-hydroxylation sites is 1. The predicted octanol–water partition coefficient (Wildman–Crippen LogP) is 3.72. The van der Waals surface area contributed by atoms with E-state index in [1.54, 1.807) is 6.92 Å². The number of carbonyl (C=O) groups is 1. The van der Waals surface area contributed by atoms with Crippen molar-refractivity contribution in [3.05, 3.63) is 66.2 Å². The van der Waals surface area contributed by atoms with E-state index in [-0.39, 0.29) is 5.91 Å². The molecule has 0 saturated carbocycles. The topological polar surface area (TPSA) is 73.0 Å². The molecule has 0 radical (unpaired) electrons. The van der Waals surface area contributed by atoms with Gasteiger partial charge in [0.2, 0.25) is 17.7 Å². The van der Waals surface area contributed by atoms with Gasteiger partial charge >= 0.3 is 0 Å². The van der Waals surface area contributed by atoms with Crippen molar-refractivity contribution in [2.75, 3.05) is 5.32 Å². The minimum atomic E-state index is -0.0530. The maximum absolute atomic E-state index is 12.4. The molecule has 0 aliphatic carbocycles. The summed E-state index contributed by atoms with van der Waals surface area (Å²) >= 11 is 0. The van der Waals surface area contributed by atoms with E-state index in [2.05, 4.69) is 21.6 Å². The highest BCUT2D eigenvalue weighted by Gasteiger charge is 2.11. The van der Waals surface area contributed by atoms with Gasteiger partial charge in [-0.2, -0.15) is 0 Å². The molecule has 2 heterocycles. The molecule has 0 fully saturated rings. The molecule has 2 aromatic carbocycles. The third-order valence-corrected chi connectivity index (χ3v) is 4.27. The number of aryl methyl sites for hydroxylation is 2. The van der Waals surface area contributed by atoms with Gasteiger partial charge in [-0.05, 0) is 35.9 Å². The standard InChI is InChI=1S/C20H18N4O2/c1-13-22-23-20(26-13)14-7-9-16(10-8-14)21-19(25)11-15-12-24(2)18-6-4-3-5-17(15)18/h3-10,12H,11H2,1-2H3,(H,21,25). The third-order valence-electron chi connectivity index (χ3n) is 4.27. The average Bonchev–Trinajstić information content (AvgIpc) is 3.20. The Morgan fingerprint density at radius 3 is 2.62 bits per heavy atom. The zero-order valence-corrected chi connectivity index (χ0v) is 14.6. The summed E-state index contributed by atoms with van der Waals surface area (Å²) in [6, 6.07) is 15.4. The Bertz CT molecular complexity index is 1080. The van der Waals surface area contributed by atoms with Crippen LogP contribution < -0.4 is 5.32 Å². The van der Waals surface area contributed by atoms with Crippen LogP contribution in [-0.2, 0) is 18.3 Å². The Balaban J connectivity index is 1.48. The normalized spacial score (nSPS) is 11.0. The number of rotatable bonds is 4. The number of fused-ring (bicyclic) bond motifs is 1. The number of benzene rings is 2. The lowest BCUT2D eigenvalue weighted by Crippen LogP contribution is -2.14. The minimum Gasteiger partial charge on any atom is -0.421 e. The van der Waals surface area contributed by atoms with Crippen LogP contribution in [0.15, 0.2) is 59.1 Å². The second kappa shape index (κ2) is 6.48. The summed E-state index contributed by atoms with van der Waals surface area (Å²) in [4.78, 5) is 12.4. The Morgan fingerprint density at radius 2 is 1.88 bits per heavy atom. The smallest absolute Gasteiger partial charge is 0.247 e. The van der Waals surface area contributed by atoms with Gasteiger partial charge in [0.1, 0.15) is 0 Å². The predicted molar refractivity (Wildman–Crippen MR) is 99.7 cm³/mol. The third kappa shape index (κ3) is 3.09. The van der Waals surface area contributed by atoms with E-state index < -0.39 is 0 Å². The molecule has 6 nitrogen and oxygen atoms in total. The Labute approximate surface area is 150 Å². The van der Waals surface area contributed by atoms with E-state index in [0.717, 1.165) is 27.7 Å². The Kier molecular flexibility index (Phi) is 4.01. The van der Waals surface area contributed by atoms with Crippen molar-refractivity contribution < 1.29 is 9.21 Å². The van der Waals surface area contributed by atoms with Crippen molar-refractivity contribution in [1.29, 1.82) is 0 Å². The van der Waals surface area contributed by atoms with Crippen molar-refractivity contribution >= 4 is 22.5 Å². The number of carbonyl (C=O) groups excluding carboxylic acids is 1. The second-order valence-corrected chi connectivity index (χ2v) is 6.21. The summed E-state index contributed by atoms with van der Waals surface area (Å²) in [6.07, 6.45) is 2.33. The fraction of sp³-hybridized carbons (Fsp3) is 0.150. The molecule has 2 aromatic heterocycles. The molecule has 0 atom stereocenters. The monoisotopic (exact) mass is 346 g/mol. The maximum atomic E-state index is 12.4. The molecular weight excluding hydrogens is 328 g/mol. The van der Waals surface area contributed by atoms with Gasteiger partial charge in [0, 0.05) is 42.3 Å². The fourth-order valence-corrected chi connectivity index (χ4v) is 3.05. The number of nitrogens with zero attached hydrogens (tertiary/aromatic N) is 3. The maximum Gasteiger partial charge on any atom is 0.247 e. The number of aromatic nitrogens is 3. The first-order valence-corrected chi connectivity index (χ1v) is 8.33. The van der Waals surface area contributed by atoms with Gasteiger partial charge in [-0.1, -0.05) is 18.2 Å². The Hall–Kier alpha value is -3.41. The fourth-order valence-electron chi connectivity index (χ4n) is 3.05. The quantitative estimate of drug-likeness (QED) is 0.611. The summed E-state index contributed by atoms with van der Waals surface area (Å²) in [5, 5.41) is 11.8. The van der Waals surface area contributed by atoms with Gasteiger partial charge in [-0.15, -0.1) is 10.2 Å². The summed E-state index contributed by atoms with van der Waals surface area (Å²) < 4.78 is 7.44. The van der Waals surface area contributed by atoms with Crippen LogP contribution in [0, 0.1) is 6.92 Å². The SMILES string of the molecule is Cc1nnc(-c2ccc(NC(=O)Cc3cn(C)c4ccccc34)cc2)o1. The van der Waals surface area contributed by atoms with E-state index in [1.165, 1.54) is 0 Å². The molecule has 0 bridgehead atoms. The largest absolute Gasteiger partial charge is 0.421 e. The molecule has 0 spiro atoms. The highest BCUT2D eigenvalue weighted by molar-refractivity contribution is 5.96. The van der Waals surface area contributed by atoms with E-state index in [9.17, 15) is 4.79 Å². The second-order valence-electron chi connectivity index (χ2n) is 6.21. The summed E-state index contributed by atoms with van der Waals surface area (Å²) in [5.74, 6) is 0.936. The van der Waals surface area contributed by atoms with Crippen molar-refractivity contribution in [3.63, 3.8) is 0 Å². The van der Waals surface area contributed by atoms with Crippen molar-refractivity contribution in [3.8, 4) is 11.5 Å². The number of hydrogen-bond acceptors (Lipinski definition) is 4. The number of nitrogens with one attached hydrogen (secondary N) is 1. The van der Waals surface area contributed by atoms with Crippen LogP contribution in [0.5, 0.6) is 0 Å². The minimum absolute atomic E-state index is 0.0530. The summed E-state index contributed by atoms with van der Waals surface area (Å²) in [7, 11) is 1.99. The zero-order chi connectivity index (χ0) is 18.1. The molecule has 0 aliphatic rings. The lowest BCUT2D eigenvalue weighted by molar-refractivity contribution is -0.115. The molecule has 4 aromatic rings. The Morgan fingerprint density at radius 1 is 1.12 bits per heavy atom. The highest BCUT2D eigenvalue weighted by Crippen LogP contribution is 2.22. The van der Waals surface area contributed by atoms with E-state index in [4.69, 9.17) is 4.42 Å². The molecule has 0 saturated heterocycles. The molecular formula is C20H18N4O2. The first kappa shape index (κ1) is 16.1. The molecule has 26 heavy (non-hydrogen) atoms. The molecule has 0 aliphatic heterocycles. The van der Waals surface area contributed by atoms with Gasteiger partial charge in [-0.3, -0.25) is 4.79 Å². The van der Waals surface area contributed by atoms with Crippen molar-refractivity contribution in [2.24, 2.45) is 7.05 Å². The lowest BCUT2D eigenvalue weighted by atomic mass is 10.1. The van der Waals surface area contributed by atoms with Gasteiger partial charge in [-0.25, -0.2) is 0 Å². The van der Waals surface area contributed by atoms with Gasteiger partial charge in [0.25, 0.3) is 0 Å². The number of amides is 1. The molecule has 130 valence electrons. The van der Waals surface area contributed by atoms with Crippen molar-refractivity contribution in [2.45, 2.75) is 13.3 Å². The van der Waals surface area contributed by atoms with E-state index in [0.29, 0.717) is 18.2 Å². The first-order chi connectivity index (χ1) is 12.6. The molecule has 1 N–H and O–H groups in total. The lowest BCUT2D eigenvalue weighted by Gasteiger charge is -2.05. The molecule has 4 rings (SSSR count). The first-order valence-electron chi connectivity index (χ1n) is 8.33. The van der Waals surface area contributed by atoms with Crippen LogP contribution in [0.2, 0.25) is 0 Å². The van der Waals surface area contributed by atoms with E-state index >= 15 is 0 Å². The van der Waals surface area contributed by atoms with E-state index in [1.807, 2.05) is 60.3 Å².